The van der Waals surface area contributed by atoms with Crippen molar-refractivity contribution >= 4 is 18.5 Å². The van der Waals surface area contributed by atoms with Gasteiger partial charge in [-0.1, -0.05) is 6.07 Å². The van der Waals surface area contributed by atoms with Crippen molar-refractivity contribution in [3.63, 3.8) is 0 Å². The van der Waals surface area contributed by atoms with Crippen LogP contribution < -0.4 is 5.32 Å². The molecule has 0 aliphatic heterocycles. The summed E-state index contributed by atoms with van der Waals surface area (Å²) < 4.78 is 5.07. The van der Waals surface area contributed by atoms with Gasteiger partial charge in [0.2, 0.25) is 0 Å². The number of carbonyl (C=O) groups is 1. The maximum absolute atomic E-state index is 12.1. The summed E-state index contributed by atoms with van der Waals surface area (Å²) in [5, 5.41) is 2.94. The monoisotopic (exact) mass is 253 g/mol. The summed E-state index contributed by atoms with van der Waals surface area (Å²) in [7, 11) is 1.62. The highest BCUT2D eigenvalue weighted by Gasteiger charge is 2.21. The van der Waals surface area contributed by atoms with Crippen LogP contribution in [-0.4, -0.2) is 25.2 Å². The molecule has 0 fully saturated rings. The van der Waals surface area contributed by atoms with Crippen molar-refractivity contribution in [3.05, 3.63) is 29.3 Å². The highest BCUT2D eigenvalue weighted by Crippen LogP contribution is 2.15. The highest BCUT2D eigenvalue weighted by atomic mass is 32.1. The Morgan fingerprint density at radius 3 is 2.71 bits per heavy atom. The van der Waals surface area contributed by atoms with Crippen molar-refractivity contribution in [2.75, 3.05) is 13.7 Å². The van der Waals surface area contributed by atoms with Crippen LogP contribution in [0, 0.1) is 6.92 Å². The van der Waals surface area contributed by atoms with E-state index in [1.165, 1.54) is 0 Å². The van der Waals surface area contributed by atoms with Gasteiger partial charge in [-0.05, 0) is 38.5 Å². The van der Waals surface area contributed by atoms with Crippen LogP contribution in [0.25, 0.3) is 0 Å². The summed E-state index contributed by atoms with van der Waals surface area (Å²) in [5.41, 5.74) is 1.21. The van der Waals surface area contributed by atoms with Crippen molar-refractivity contribution in [1.29, 1.82) is 0 Å². The zero-order chi connectivity index (χ0) is 13.1. The largest absolute Gasteiger partial charge is 0.382 e. The molecule has 0 aliphatic rings. The SMILES string of the molecule is COCC(C)(C)NC(=O)c1cc(S)ccc1C. The molecular formula is C13H19NO2S. The minimum atomic E-state index is -0.384. The number of hydrogen-bond acceptors (Lipinski definition) is 3. The number of carbonyl (C=O) groups excluding carboxylic acids is 1. The molecule has 0 atom stereocenters. The molecule has 1 aromatic carbocycles. The van der Waals surface area contributed by atoms with Gasteiger partial charge in [0, 0.05) is 17.6 Å². The van der Waals surface area contributed by atoms with Crippen LogP contribution in [0.4, 0.5) is 0 Å². The quantitative estimate of drug-likeness (QED) is 0.809. The second-order valence-corrected chi connectivity index (χ2v) is 5.29. The van der Waals surface area contributed by atoms with Gasteiger partial charge in [-0.25, -0.2) is 0 Å². The number of thiol groups is 1. The van der Waals surface area contributed by atoms with Crippen LogP contribution in [0.1, 0.15) is 29.8 Å². The molecule has 0 spiro atoms. The molecule has 0 heterocycles. The van der Waals surface area contributed by atoms with Gasteiger partial charge in [0.1, 0.15) is 0 Å². The standard InChI is InChI=1S/C13H19NO2S/c1-9-5-6-10(17)7-11(9)12(15)14-13(2,3)8-16-4/h5-7,17H,8H2,1-4H3,(H,14,15). The number of ether oxygens (including phenoxy) is 1. The van der Waals surface area contributed by atoms with Gasteiger partial charge < -0.3 is 10.1 Å². The zero-order valence-electron chi connectivity index (χ0n) is 10.7. The Morgan fingerprint density at radius 1 is 1.47 bits per heavy atom. The van der Waals surface area contributed by atoms with Crippen LogP contribution in [0.3, 0.4) is 0 Å². The van der Waals surface area contributed by atoms with Gasteiger partial charge in [-0.15, -0.1) is 12.6 Å². The minimum Gasteiger partial charge on any atom is -0.382 e. The second-order valence-electron chi connectivity index (χ2n) is 4.77. The third-order valence-corrected chi connectivity index (χ3v) is 2.70. The van der Waals surface area contributed by atoms with Gasteiger partial charge in [0.05, 0.1) is 12.1 Å². The molecule has 3 nitrogen and oxygen atoms in total. The molecule has 4 heteroatoms. The Balaban J connectivity index is 2.86. The lowest BCUT2D eigenvalue weighted by atomic mass is 10.0. The average Bonchev–Trinajstić information content (AvgIpc) is 2.20. The number of hydrogen-bond donors (Lipinski definition) is 2. The highest BCUT2D eigenvalue weighted by molar-refractivity contribution is 7.80. The topological polar surface area (TPSA) is 38.3 Å². The lowest BCUT2D eigenvalue weighted by Gasteiger charge is -2.25. The lowest BCUT2D eigenvalue weighted by molar-refractivity contribution is 0.0819. The van der Waals surface area contributed by atoms with Crippen LogP contribution in [0.15, 0.2) is 23.1 Å². The first-order valence-electron chi connectivity index (χ1n) is 5.47. The molecule has 1 amide bonds. The van der Waals surface area contributed by atoms with Crippen LogP contribution in [0.5, 0.6) is 0 Å². The number of methoxy groups -OCH3 is 1. The maximum atomic E-state index is 12.1. The number of amides is 1. The molecule has 0 saturated carbocycles. The molecule has 0 unspecified atom stereocenters. The van der Waals surface area contributed by atoms with Gasteiger partial charge in [-0.2, -0.15) is 0 Å². The van der Waals surface area contributed by atoms with E-state index >= 15 is 0 Å². The van der Waals surface area contributed by atoms with Gasteiger partial charge in [0.15, 0.2) is 0 Å². The van der Waals surface area contributed by atoms with Crippen LogP contribution in [0.2, 0.25) is 0 Å². The average molecular weight is 253 g/mol. The van der Waals surface area contributed by atoms with E-state index in [9.17, 15) is 4.79 Å². The van der Waals surface area contributed by atoms with E-state index in [-0.39, 0.29) is 11.4 Å². The first-order valence-corrected chi connectivity index (χ1v) is 5.91. The van der Waals surface area contributed by atoms with E-state index in [1.807, 2.05) is 32.9 Å². The zero-order valence-corrected chi connectivity index (χ0v) is 11.6. The lowest BCUT2D eigenvalue weighted by Crippen LogP contribution is -2.46. The van der Waals surface area contributed by atoms with Crippen molar-refractivity contribution < 1.29 is 9.53 Å². The van der Waals surface area contributed by atoms with E-state index in [2.05, 4.69) is 17.9 Å². The van der Waals surface area contributed by atoms with Crippen molar-refractivity contribution in [1.82, 2.24) is 5.32 Å². The molecule has 0 radical (unpaired) electrons. The first kappa shape index (κ1) is 14.1. The molecule has 17 heavy (non-hydrogen) atoms. The third-order valence-electron chi connectivity index (χ3n) is 2.42. The summed E-state index contributed by atoms with van der Waals surface area (Å²) in [5.74, 6) is -0.0968. The summed E-state index contributed by atoms with van der Waals surface area (Å²) in [6.45, 7) is 6.23. The number of benzene rings is 1. The minimum absolute atomic E-state index is 0.0968. The van der Waals surface area contributed by atoms with Crippen molar-refractivity contribution in [2.45, 2.75) is 31.2 Å². The van der Waals surface area contributed by atoms with Crippen LogP contribution in [-0.2, 0) is 4.74 Å². The molecule has 1 rings (SSSR count). The molecule has 1 aromatic rings. The fraction of sp³-hybridized carbons (Fsp3) is 0.462. The summed E-state index contributed by atoms with van der Waals surface area (Å²) in [4.78, 5) is 12.9. The molecular weight excluding hydrogens is 234 g/mol. The predicted molar refractivity (Wildman–Crippen MR) is 71.9 cm³/mol. The Hall–Kier alpha value is -1.00. The van der Waals surface area contributed by atoms with E-state index in [4.69, 9.17) is 4.74 Å². The molecule has 94 valence electrons. The second kappa shape index (κ2) is 5.56. The summed E-state index contributed by atoms with van der Waals surface area (Å²) in [6.07, 6.45) is 0. The number of nitrogens with one attached hydrogen (secondary N) is 1. The van der Waals surface area contributed by atoms with E-state index < -0.39 is 0 Å². The Kier molecular flexibility index (Phi) is 4.60. The van der Waals surface area contributed by atoms with E-state index in [0.717, 1.165) is 10.5 Å². The summed E-state index contributed by atoms with van der Waals surface area (Å²) in [6, 6.07) is 5.53. The van der Waals surface area contributed by atoms with Crippen molar-refractivity contribution in [2.24, 2.45) is 0 Å². The fourth-order valence-corrected chi connectivity index (χ4v) is 1.83. The Labute approximate surface area is 108 Å². The summed E-state index contributed by atoms with van der Waals surface area (Å²) >= 11 is 4.24. The first-order chi connectivity index (χ1) is 7.85. The van der Waals surface area contributed by atoms with Crippen molar-refractivity contribution in [3.8, 4) is 0 Å². The third kappa shape index (κ3) is 4.06. The Morgan fingerprint density at radius 2 is 2.12 bits per heavy atom. The van der Waals surface area contributed by atoms with Gasteiger partial charge in [-0.3, -0.25) is 4.79 Å². The fourth-order valence-electron chi connectivity index (χ4n) is 1.63. The van der Waals surface area contributed by atoms with Gasteiger partial charge in [0.25, 0.3) is 5.91 Å². The number of aryl methyl sites for hydroxylation is 1. The van der Waals surface area contributed by atoms with Crippen LogP contribution >= 0.6 is 12.6 Å². The van der Waals surface area contributed by atoms with E-state index in [1.54, 1.807) is 13.2 Å². The molecule has 0 saturated heterocycles. The number of rotatable bonds is 4. The maximum Gasteiger partial charge on any atom is 0.252 e. The predicted octanol–water partition coefficient (Wildman–Crippen LogP) is 2.44. The molecule has 0 bridgehead atoms. The van der Waals surface area contributed by atoms with Gasteiger partial charge >= 0.3 is 0 Å². The Bertz CT molecular complexity index is 416. The van der Waals surface area contributed by atoms with E-state index in [0.29, 0.717) is 12.2 Å². The normalized spacial score (nSPS) is 11.4. The molecule has 0 aromatic heterocycles. The molecule has 1 N–H and O–H groups in total. The smallest absolute Gasteiger partial charge is 0.252 e. The molecule has 0 aliphatic carbocycles.